The van der Waals surface area contributed by atoms with Gasteiger partial charge in [0.05, 0.1) is 0 Å². The molecule has 0 aromatic rings. The van der Waals surface area contributed by atoms with Crippen LogP contribution in [0.3, 0.4) is 0 Å². The van der Waals surface area contributed by atoms with Crippen LogP contribution in [0.15, 0.2) is 11.6 Å². The highest BCUT2D eigenvalue weighted by Crippen LogP contribution is 2.08. The van der Waals surface area contributed by atoms with Crippen molar-refractivity contribution < 1.29 is 0 Å². The van der Waals surface area contributed by atoms with E-state index in [2.05, 4.69) is 26.8 Å². The van der Waals surface area contributed by atoms with Crippen molar-refractivity contribution in [3.63, 3.8) is 0 Å². The quantitative estimate of drug-likeness (QED) is 0.505. The molecule has 0 saturated heterocycles. The molecule has 0 heteroatoms. The van der Waals surface area contributed by atoms with Crippen LogP contribution in [0.25, 0.3) is 0 Å². The van der Waals surface area contributed by atoms with Gasteiger partial charge in [0.15, 0.2) is 0 Å². The summed E-state index contributed by atoms with van der Waals surface area (Å²) in [4.78, 5) is 0. The molecule has 0 rings (SSSR count). The van der Waals surface area contributed by atoms with E-state index in [1.165, 1.54) is 18.4 Å². The fourth-order valence-corrected chi connectivity index (χ4v) is 0.854. The lowest BCUT2D eigenvalue weighted by Gasteiger charge is -1.99. The second-order valence-electron chi connectivity index (χ2n) is 2.15. The zero-order valence-electron chi connectivity index (χ0n) is 6.32. The highest BCUT2D eigenvalue weighted by molar-refractivity contribution is 5.02. The first-order chi connectivity index (χ1) is 4.35. The Labute approximate surface area is 59.0 Å². The lowest BCUT2D eigenvalue weighted by atomic mass is 10.1. The van der Waals surface area contributed by atoms with Crippen LogP contribution in [0.5, 0.6) is 0 Å². The molecular weight excluding hydrogens is 108 g/mol. The van der Waals surface area contributed by atoms with Gasteiger partial charge in [0.25, 0.3) is 0 Å². The fraction of sp³-hybridized carbons (Fsp3) is 0.556. The van der Waals surface area contributed by atoms with Crippen molar-refractivity contribution in [2.75, 3.05) is 0 Å². The standard InChI is InChI=1S/C9H16/c1-4-7-9(6-3)8-5-2/h7H,1,3-6,8H2,2H3. The van der Waals surface area contributed by atoms with Crippen molar-refractivity contribution in [2.45, 2.75) is 32.6 Å². The second-order valence-corrected chi connectivity index (χ2v) is 2.15. The largest absolute Gasteiger partial charge is 0.0853 e. The molecule has 52 valence electrons. The first-order valence-corrected chi connectivity index (χ1v) is 3.61. The molecule has 0 aromatic carbocycles. The maximum Gasteiger partial charge on any atom is -0.0320 e. The Morgan fingerprint density at radius 3 is 2.44 bits per heavy atom. The number of hydrogen-bond donors (Lipinski definition) is 0. The number of hydrogen-bond acceptors (Lipinski definition) is 0. The lowest BCUT2D eigenvalue weighted by molar-refractivity contribution is 0.872. The molecule has 0 bridgehead atoms. The fourth-order valence-electron chi connectivity index (χ4n) is 0.854. The van der Waals surface area contributed by atoms with Crippen LogP contribution in [0.1, 0.15) is 32.6 Å². The van der Waals surface area contributed by atoms with E-state index >= 15 is 0 Å². The van der Waals surface area contributed by atoms with Gasteiger partial charge in [-0.25, -0.2) is 0 Å². The van der Waals surface area contributed by atoms with Crippen molar-refractivity contribution in [3.05, 3.63) is 25.5 Å². The van der Waals surface area contributed by atoms with E-state index < -0.39 is 0 Å². The smallest absolute Gasteiger partial charge is 0.0320 e. The highest BCUT2D eigenvalue weighted by Gasteiger charge is 1.88. The average molecular weight is 124 g/mol. The third-order valence-corrected chi connectivity index (χ3v) is 1.33. The first-order valence-electron chi connectivity index (χ1n) is 3.61. The van der Waals surface area contributed by atoms with Crippen LogP contribution in [-0.4, -0.2) is 0 Å². The third-order valence-electron chi connectivity index (χ3n) is 1.33. The molecule has 9 heavy (non-hydrogen) atoms. The van der Waals surface area contributed by atoms with E-state index in [1.54, 1.807) is 0 Å². The van der Waals surface area contributed by atoms with Gasteiger partial charge in [-0.1, -0.05) is 25.0 Å². The maximum atomic E-state index is 3.83. The number of rotatable bonds is 4. The zero-order valence-corrected chi connectivity index (χ0v) is 6.32. The normalized spacial score (nSPS) is 12.1. The van der Waals surface area contributed by atoms with E-state index in [-0.39, 0.29) is 0 Å². The van der Waals surface area contributed by atoms with Crippen LogP contribution in [0, 0.1) is 13.8 Å². The predicted molar refractivity (Wildman–Crippen MR) is 42.9 cm³/mol. The minimum atomic E-state index is 0.908. The molecule has 0 fully saturated rings. The van der Waals surface area contributed by atoms with Gasteiger partial charge in [0.2, 0.25) is 0 Å². The molecule has 2 radical (unpaired) electrons. The van der Waals surface area contributed by atoms with Crippen LogP contribution in [-0.2, 0) is 0 Å². The van der Waals surface area contributed by atoms with Crippen molar-refractivity contribution in [1.82, 2.24) is 0 Å². The lowest BCUT2D eigenvalue weighted by Crippen LogP contribution is -1.79. The minimum absolute atomic E-state index is 0.908. The predicted octanol–water partition coefficient (Wildman–Crippen LogP) is 3.16. The molecule has 0 nitrogen and oxygen atoms in total. The summed E-state index contributed by atoms with van der Waals surface area (Å²) in [6.45, 7) is 9.77. The summed E-state index contributed by atoms with van der Waals surface area (Å²) in [7, 11) is 0. The van der Waals surface area contributed by atoms with Gasteiger partial charge in [-0.2, -0.15) is 0 Å². The summed E-state index contributed by atoms with van der Waals surface area (Å²) < 4.78 is 0. The van der Waals surface area contributed by atoms with Crippen LogP contribution in [0.2, 0.25) is 0 Å². The molecule has 0 aliphatic carbocycles. The Balaban J connectivity index is 3.53. The van der Waals surface area contributed by atoms with E-state index in [0.29, 0.717) is 0 Å². The molecule has 0 heterocycles. The Morgan fingerprint density at radius 1 is 1.44 bits per heavy atom. The third kappa shape index (κ3) is 4.26. The zero-order chi connectivity index (χ0) is 7.11. The molecule has 0 unspecified atom stereocenters. The average Bonchev–Trinajstić information content (AvgIpc) is 1.88. The Morgan fingerprint density at radius 2 is 2.11 bits per heavy atom. The molecule has 0 aromatic heterocycles. The Bertz CT molecular complexity index is 80.0. The molecule has 0 aliphatic rings. The molecule has 0 spiro atoms. The van der Waals surface area contributed by atoms with Crippen LogP contribution in [0.4, 0.5) is 0 Å². The van der Waals surface area contributed by atoms with E-state index in [1.807, 2.05) is 0 Å². The summed E-state index contributed by atoms with van der Waals surface area (Å²) >= 11 is 0. The van der Waals surface area contributed by atoms with Gasteiger partial charge in [-0.05, 0) is 33.1 Å². The minimum Gasteiger partial charge on any atom is -0.0853 e. The topological polar surface area (TPSA) is 0 Å². The van der Waals surface area contributed by atoms with Gasteiger partial charge >= 0.3 is 0 Å². The summed E-state index contributed by atoms with van der Waals surface area (Å²) in [6.07, 6.45) is 6.45. The Hall–Kier alpha value is -0.260. The Kier molecular flexibility index (Phi) is 5.70. The van der Waals surface area contributed by atoms with Gasteiger partial charge in [0, 0.05) is 0 Å². The molecule has 0 saturated carbocycles. The van der Waals surface area contributed by atoms with Gasteiger partial charge < -0.3 is 0 Å². The summed E-state index contributed by atoms with van der Waals surface area (Å²) in [6, 6.07) is 0. The molecule has 0 atom stereocenters. The molecule has 0 N–H and O–H groups in total. The SMILES string of the molecule is [CH2]CC=C(C[CH2])CCC. The highest BCUT2D eigenvalue weighted by atomic mass is 13.9. The van der Waals surface area contributed by atoms with Gasteiger partial charge in [0.1, 0.15) is 0 Å². The van der Waals surface area contributed by atoms with Crippen molar-refractivity contribution in [1.29, 1.82) is 0 Å². The molecule has 0 aliphatic heterocycles. The summed E-state index contributed by atoms with van der Waals surface area (Å²) in [5.74, 6) is 0. The van der Waals surface area contributed by atoms with E-state index in [4.69, 9.17) is 0 Å². The van der Waals surface area contributed by atoms with Crippen LogP contribution >= 0.6 is 0 Å². The van der Waals surface area contributed by atoms with Crippen molar-refractivity contribution in [2.24, 2.45) is 0 Å². The van der Waals surface area contributed by atoms with E-state index in [9.17, 15) is 0 Å². The molecule has 0 amide bonds. The molecular formula is C9H16. The maximum absolute atomic E-state index is 3.83. The number of allylic oxidation sites excluding steroid dienone is 2. The summed E-state index contributed by atoms with van der Waals surface area (Å²) in [5, 5.41) is 0. The second kappa shape index (κ2) is 5.87. The summed E-state index contributed by atoms with van der Waals surface area (Å²) in [5.41, 5.74) is 1.45. The van der Waals surface area contributed by atoms with Crippen LogP contribution < -0.4 is 0 Å². The monoisotopic (exact) mass is 124 g/mol. The van der Waals surface area contributed by atoms with E-state index in [0.717, 1.165) is 12.8 Å². The van der Waals surface area contributed by atoms with Gasteiger partial charge in [-0.15, -0.1) is 0 Å². The van der Waals surface area contributed by atoms with Crippen molar-refractivity contribution >= 4 is 0 Å². The first kappa shape index (κ1) is 8.74. The van der Waals surface area contributed by atoms with Gasteiger partial charge in [-0.3, -0.25) is 0 Å². The van der Waals surface area contributed by atoms with Crippen molar-refractivity contribution in [3.8, 4) is 0 Å².